The Labute approximate surface area is 123 Å². The minimum Gasteiger partial charge on any atom is -0.266 e. The molecule has 0 saturated heterocycles. The molecule has 106 valence electrons. The summed E-state index contributed by atoms with van der Waals surface area (Å²) in [6.07, 6.45) is 8.05. The van der Waals surface area contributed by atoms with Crippen LogP contribution >= 0.6 is 23.4 Å². The van der Waals surface area contributed by atoms with Crippen LogP contribution in [0.4, 0.5) is 0 Å². The summed E-state index contributed by atoms with van der Waals surface area (Å²) in [5.41, 5.74) is -0.524. The van der Waals surface area contributed by atoms with E-state index < -0.39 is 0 Å². The maximum absolute atomic E-state index is 12.2. The minimum absolute atomic E-state index is 0.185. The van der Waals surface area contributed by atoms with Crippen LogP contribution < -0.4 is 5.56 Å². The second kappa shape index (κ2) is 5.88. The van der Waals surface area contributed by atoms with Crippen LogP contribution in [-0.2, 0) is 5.54 Å². The summed E-state index contributed by atoms with van der Waals surface area (Å²) < 4.78 is 1.46. The van der Waals surface area contributed by atoms with Crippen molar-refractivity contribution >= 4 is 23.4 Å². The lowest BCUT2D eigenvalue weighted by Crippen LogP contribution is -2.36. The molecule has 2 rings (SSSR count). The average molecular weight is 301 g/mol. The molecule has 1 fully saturated rings. The Morgan fingerprint density at radius 3 is 2.53 bits per heavy atom. The van der Waals surface area contributed by atoms with Gasteiger partial charge in [-0.1, -0.05) is 30.9 Å². The highest BCUT2D eigenvalue weighted by atomic mass is 35.5. The molecule has 5 heteroatoms. The number of hydrogen-bond acceptors (Lipinski definition) is 3. The van der Waals surface area contributed by atoms with Crippen LogP contribution in [0.5, 0.6) is 0 Å². The van der Waals surface area contributed by atoms with Crippen LogP contribution in [0.3, 0.4) is 0 Å². The summed E-state index contributed by atoms with van der Waals surface area (Å²) in [6.45, 7) is 5.85. The normalized spacial score (nSPS) is 17.7. The highest BCUT2D eigenvalue weighted by Gasteiger charge is 2.22. The monoisotopic (exact) mass is 300 g/mol. The van der Waals surface area contributed by atoms with E-state index in [9.17, 15) is 4.79 Å². The smallest absolute Gasteiger partial charge is 0.266 e. The number of nitrogens with zero attached hydrogens (tertiary/aromatic N) is 2. The third-order valence-corrected chi connectivity index (χ3v) is 5.21. The molecule has 1 heterocycles. The van der Waals surface area contributed by atoms with Crippen molar-refractivity contribution in [1.29, 1.82) is 0 Å². The number of rotatable bonds is 2. The Bertz CT molecular complexity index is 501. The number of aromatic nitrogens is 2. The van der Waals surface area contributed by atoms with Gasteiger partial charge in [-0.15, -0.1) is 11.8 Å². The van der Waals surface area contributed by atoms with E-state index in [1.807, 2.05) is 20.8 Å². The zero-order valence-electron chi connectivity index (χ0n) is 11.8. The molecule has 1 aromatic heterocycles. The molecule has 0 N–H and O–H groups in total. The molecule has 0 atom stereocenters. The second-order valence-corrected chi connectivity index (χ2v) is 7.81. The van der Waals surface area contributed by atoms with E-state index >= 15 is 0 Å². The summed E-state index contributed by atoms with van der Waals surface area (Å²) in [7, 11) is 0. The molecule has 0 amide bonds. The highest BCUT2D eigenvalue weighted by Crippen LogP contribution is 2.35. The minimum atomic E-state index is -0.339. The zero-order valence-corrected chi connectivity index (χ0v) is 13.4. The molecular formula is C14H21ClN2OS. The van der Waals surface area contributed by atoms with Gasteiger partial charge in [-0.05, 0) is 33.6 Å². The molecule has 0 bridgehead atoms. The highest BCUT2D eigenvalue weighted by molar-refractivity contribution is 8.00. The first kappa shape index (κ1) is 14.9. The lowest BCUT2D eigenvalue weighted by atomic mass is 10.0. The molecular weight excluding hydrogens is 280 g/mol. The van der Waals surface area contributed by atoms with E-state index in [-0.39, 0.29) is 11.1 Å². The first-order chi connectivity index (χ1) is 8.89. The van der Waals surface area contributed by atoms with E-state index in [1.54, 1.807) is 18.0 Å². The summed E-state index contributed by atoms with van der Waals surface area (Å²) in [4.78, 5) is 13.1. The summed E-state index contributed by atoms with van der Waals surface area (Å²) >= 11 is 7.95. The van der Waals surface area contributed by atoms with Crippen molar-refractivity contribution in [3.05, 3.63) is 21.6 Å². The predicted molar refractivity (Wildman–Crippen MR) is 81.2 cm³/mol. The molecule has 3 nitrogen and oxygen atoms in total. The first-order valence-electron chi connectivity index (χ1n) is 6.84. The summed E-state index contributed by atoms with van der Waals surface area (Å²) in [5.74, 6) is 0. The van der Waals surface area contributed by atoms with E-state index in [0.717, 1.165) is 4.90 Å². The molecule has 0 spiro atoms. The van der Waals surface area contributed by atoms with Gasteiger partial charge in [-0.3, -0.25) is 4.79 Å². The Kier molecular flexibility index (Phi) is 4.62. The molecule has 1 aromatic rings. The molecule has 19 heavy (non-hydrogen) atoms. The van der Waals surface area contributed by atoms with Gasteiger partial charge in [-0.2, -0.15) is 5.10 Å². The van der Waals surface area contributed by atoms with Crippen LogP contribution in [0, 0.1) is 0 Å². The predicted octanol–water partition coefficient (Wildman–Crippen LogP) is 4.08. The van der Waals surface area contributed by atoms with Crippen LogP contribution in [-0.4, -0.2) is 15.0 Å². The molecule has 0 radical (unpaired) electrons. The van der Waals surface area contributed by atoms with Crippen LogP contribution in [0.15, 0.2) is 15.9 Å². The zero-order chi connectivity index (χ0) is 14.0. The van der Waals surface area contributed by atoms with Gasteiger partial charge in [0.15, 0.2) is 0 Å². The number of thioether (sulfide) groups is 1. The van der Waals surface area contributed by atoms with E-state index in [0.29, 0.717) is 10.3 Å². The SMILES string of the molecule is CC(C)(C)n1ncc(SC2CCCCC2)c(Cl)c1=O. The largest absolute Gasteiger partial charge is 0.287 e. The summed E-state index contributed by atoms with van der Waals surface area (Å²) in [5, 5.41) is 5.18. The van der Waals surface area contributed by atoms with Crippen molar-refractivity contribution in [1.82, 2.24) is 9.78 Å². The number of hydrogen-bond donors (Lipinski definition) is 0. The third-order valence-electron chi connectivity index (χ3n) is 3.37. The van der Waals surface area contributed by atoms with Gasteiger partial charge < -0.3 is 0 Å². The lowest BCUT2D eigenvalue weighted by Gasteiger charge is -2.23. The van der Waals surface area contributed by atoms with Gasteiger partial charge in [0.1, 0.15) is 5.02 Å². The second-order valence-electron chi connectivity index (χ2n) is 6.09. The van der Waals surface area contributed by atoms with Crippen molar-refractivity contribution in [3.63, 3.8) is 0 Å². The van der Waals surface area contributed by atoms with Crippen molar-refractivity contribution in [2.45, 2.75) is 68.6 Å². The molecule has 0 unspecified atom stereocenters. The molecule has 1 aliphatic carbocycles. The van der Waals surface area contributed by atoms with Crippen LogP contribution in [0.2, 0.25) is 5.02 Å². The Morgan fingerprint density at radius 1 is 1.32 bits per heavy atom. The van der Waals surface area contributed by atoms with E-state index in [4.69, 9.17) is 11.6 Å². The number of halogens is 1. The van der Waals surface area contributed by atoms with Crippen molar-refractivity contribution < 1.29 is 0 Å². The molecule has 1 aliphatic rings. The van der Waals surface area contributed by atoms with Crippen molar-refractivity contribution in [2.75, 3.05) is 0 Å². The third kappa shape index (κ3) is 3.54. The average Bonchev–Trinajstić information content (AvgIpc) is 2.35. The van der Waals surface area contributed by atoms with Crippen molar-refractivity contribution in [3.8, 4) is 0 Å². The fourth-order valence-electron chi connectivity index (χ4n) is 2.34. The topological polar surface area (TPSA) is 34.9 Å². The van der Waals surface area contributed by atoms with Gasteiger partial charge in [0.25, 0.3) is 5.56 Å². The standard InChI is InChI=1S/C14H21ClN2OS/c1-14(2,3)17-13(18)12(15)11(9-16-17)19-10-7-5-4-6-8-10/h9-10H,4-8H2,1-3H3. The van der Waals surface area contributed by atoms with Gasteiger partial charge in [-0.25, -0.2) is 4.68 Å². The Morgan fingerprint density at radius 2 is 1.95 bits per heavy atom. The fourth-order valence-corrected chi connectivity index (χ4v) is 3.83. The fraction of sp³-hybridized carbons (Fsp3) is 0.714. The maximum Gasteiger partial charge on any atom is 0.287 e. The Balaban J connectivity index is 2.23. The van der Waals surface area contributed by atoms with Crippen LogP contribution in [0.1, 0.15) is 52.9 Å². The van der Waals surface area contributed by atoms with Gasteiger partial charge >= 0.3 is 0 Å². The Hall–Kier alpha value is -0.480. The maximum atomic E-state index is 12.2. The van der Waals surface area contributed by atoms with E-state index in [2.05, 4.69) is 5.10 Å². The molecule has 0 aliphatic heterocycles. The quantitative estimate of drug-likeness (QED) is 0.825. The summed E-state index contributed by atoms with van der Waals surface area (Å²) in [6, 6.07) is 0. The first-order valence-corrected chi connectivity index (χ1v) is 8.10. The lowest BCUT2D eigenvalue weighted by molar-refractivity contribution is 0.336. The van der Waals surface area contributed by atoms with Gasteiger partial charge in [0.05, 0.1) is 16.6 Å². The van der Waals surface area contributed by atoms with Crippen molar-refractivity contribution in [2.24, 2.45) is 0 Å². The van der Waals surface area contributed by atoms with Crippen LogP contribution in [0.25, 0.3) is 0 Å². The van der Waals surface area contributed by atoms with Gasteiger partial charge in [0, 0.05) is 5.25 Å². The molecule has 1 saturated carbocycles. The molecule has 0 aromatic carbocycles. The van der Waals surface area contributed by atoms with Gasteiger partial charge in [0.2, 0.25) is 0 Å². The van der Waals surface area contributed by atoms with E-state index in [1.165, 1.54) is 36.8 Å².